The van der Waals surface area contributed by atoms with Gasteiger partial charge in [-0.1, -0.05) is 45.7 Å². The number of carboxylic acid groups (broad SMARTS) is 1. The molecule has 2 aromatic rings. The Morgan fingerprint density at radius 2 is 1.92 bits per heavy atom. The Morgan fingerprint density at radius 1 is 1.24 bits per heavy atom. The molecule has 3 N–H and O–H groups in total. The Morgan fingerprint density at radius 3 is 2.56 bits per heavy atom. The Bertz CT molecular complexity index is 977. The molecule has 1 aliphatic heterocycles. The van der Waals surface area contributed by atoms with Crippen LogP contribution in [0.25, 0.3) is 0 Å². The number of rotatable bonds is 4. The van der Waals surface area contributed by atoms with Crippen molar-refractivity contribution in [2.75, 3.05) is 5.32 Å². The van der Waals surface area contributed by atoms with Crippen molar-refractivity contribution in [3.63, 3.8) is 0 Å². The predicted octanol–water partition coefficient (Wildman–Crippen LogP) is 3.52. The van der Waals surface area contributed by atoms with Gasteiger partial charge in [0.05, 0.1) is 10.9 Å². The summed E-state index contributed by atoms with van der Waals surface area (Å²) in [5.74, 6) is -1.20. The molecule has 25 heavy (non-hydrogen) atoms. The molecule has 2 aromatic carbocycles. The van der Waals surface area contributed by atoms with Gasteiger partial charge in [-0.05, 0) is 30.3 Å². The number of anilines is 1. The summed E-state index contributed by atoms with van der Waals surface area (Å²) in [7, 11) is -3.85. The second-order valence-corrected chi connectivity index (χ2v) is 8.28. The molecule has 1 heterocycles. The average molecular weight is 444 g/mol. The van der Waals surface area contributed by atoms with Crippen molar-refractivity contribution in [3.8, 4) is 0 Å². The Labute approximate surface area is 157 Å². The summed E-state index contributed by atoms with van der Waals surface area (Å²) in [5, 5.41) is 12.4. The topological polar surface area (TPSA) is 95.5 Å². The molecule has 0 spiro atoms. The van der Waals surface area contributed by atoms with E-state index < -0.39 is 22.0 Å². The lowest BCUT2D eigenvalue weighted by Gasteiger charge is -2.26. The summed E-state index contributed by atoms with van der Waals surface area (Å²) in [5.41, 5.74) is 0.830. The number of halogens is 2. The molecule has 0 fully saturated rings. The average Bonchev–Trinajstić information content (AvgIpc) is 2.54. The van der Waals surface area contributed by atoms with Gasteiger partial charge in [-0.3, -0.25) is 0 Å². The fourth-order valence-corrected chi connectivity index (χ4v) is 4.72. The second kappa shape index (κ2) is 6.80. The quantitative estimate of drug-likeness (QED) is 0.672. The van der Waals surface area contributed by atoms with E-state index in [1.165, 1.54) is 18.2 Å². The maximum atomic E-state index is 12.6. The Balaban J connectivity index is 2.07. The van der Waals surface area contributed by atoms with Gasteiger partial charge in [-0.15, -0.1) is 0 Å². The van der Waals surface area contributed by atoms with Crippen LogP contribution < -0.4 is 10.0 Å². The number of fused-ring (bicyclic) bond motifs is 1. The molecular weight excluding hydrogens is 432 g/mol. The third-order valence-corrected chi connectivity index (χ3v) is 5.91. The molecule has 0 aromatic heterocycles. The van der Waals surface area contributed by atoms with Crippen LogP contribution in [0.15, 0.2) is 63.6 Å². The van der Waals surface area contributed by atoms with Crippen molar-refractivity contribution in [3.05, 3.63) is 69.3 Å². The van der Waals surface area contributed by atoms with E-state index in [9.17, 15) is 18.3 Å². The molecule has 0 saturated heterocycles. The lowest BCUT2D eigenvalue weighted by molar-refractivity contribution is -0.132. The van der Waals surface area contributed by atoms with Gasteiger partial charge in [0.2, 0.25) is 10.0 Å². The molecular formula is C16H12BrClN2O4S. The van der Waals surface area contributed by atoms with Gasteiger partial charge in [0, 0.05) is 20.7 Å². The van der Waals surface area contributed by atoms with Gasteiger partial charge in [-0.2, -0.15) is 4.72 Å². The van der Waals surface area contributed by atoms with E-state index in [1.807, 2.05) is 0 Å². The van der Waals surface area contributed by atoms with Gasteiger partial charge in [0.15, 0.2) is 0 Å². The largest absolute Gasteiger partial charge is 0.477 e. The second-order valence-electron chi connectivity index (χ2n) is 5.27. The Kier molecular flexibility index (Phi) is 4.88. The zero-order valence-electron chi connectivity index (χ0n) is 12.5. The van der Waals surface area contributed by atoms with Gasteiger partial charge in [-0.25, -0.2) is 13.2 Å². The molecule has 9 heteroatoms. The van der Waals surface area contributed by atoms with Crippen molar-refractivity contribution in [1.29, 1.82) is 0 Å². The number of carboxylic acids is 1. The van der Waals surface area contributed by atoms with Crippen molar-refractivity contribution in [1.82, 2.24) is 4.72 Å². The standard InChI is InChI=1S/C16H12BrClN2O4S/c17-11-6-9(18)7-12-15(11)13(8-14(19-12)16(21)22)20-25(23,24)10-4-2-1-3-5-10/h1-8,13,19-20H,(H,21,22). The zero-order valence-corrected chi connectivity index (χ0v) is 15.7. The molecule has 0 radical (unpaired) electrons. The number of nitrogens with one attached hydrogen (secondary N) is 2. The van der Waals surface area contributed by atoms with Crippen LogP contribution >= 0.6 is 27.5 Å². The number of carbonyl (C=O) groups is 1. The number of hydrogen-bond acceptors (Lipinski definition) is 4. The number of hydrogen-bond donors (Lipinski definition) is 3. The van der Waals surface area contributed by atoms with Gasteiger partial charge < -0.3 is 10.4 Å². The molecule has 0 amide bonds. The SMILES string of the molecule is O=C(O)C1=CC(NS(=O)(=O)c2ccccc2)c2c(Br)cc(Cl)cc2N1. The Hall–Kier alpha value is -1.87. The van der Waals surface area contributed by atoms with Crippen LogP contribution in [0.4, 0.5) is 5.69 Å². The van der Waals surface area contributed by atoms with Crippen LogP contribution in [0.1, 0.15) is 11.6 Å². The predicted molar refractivity (Wildman–Crippen MR) is 98.0 cm³/mol. The first-order chi connectivity index (χ1) is 11.8. The van der Waals surface area contributed by atoms with E-state index in [0.717, 1.165) is 0 Å². The number of benzene rings is 2. The monoisotopic (exact) mass is 442 g/mol. The van der Waals surface area contributed by atoms with Gasteiger partial charge in [0.1, 0.15) is 5.70 Å². The highest BCUT2D eigenvalue weighted by molar-refractivity contribution is 9.10. The molecule has 3 rings (SSSR count). The van der Waals surface area contributed by atoms with Crippen molar-refractivity contribution in [2.45, 2.75) is 10.9 Å². The molecule has 6 nitrogen and oxygen atoms in total. The van der Waals surface area contributed by atoms with Gasteiger partial charge >= 0.3 is 5.97 Å². The third-order valence-electron chi connectivity index (χ3n) is 3.57. The molecule has 0 aliphatic carbocycles. The van der Waals surface area contributed by atoms with E-state index >= 15 is 0 Å². The fourth-order valence-electron chi connectivity index (χ4n) is 2.49. The van der Waals surface area contributed by atoms with E-state index in [4.69, 9.17) is 11.6 Å². The summed E-state index contributed by atoms with van der Waals surface area (Å²) < 4.78 is 28.3. The number of sulfonamides is 1. The van der Waals surface area contributed by atoms with Crippen molar-refractivity contribution in [2.24, 2.45) is 0 Å². The van der Waals surface area contributed by atoms with Gasteiger partial charge in [0.25, 0.3) is 0 Å². The molecule has 1 unspecified atom stereocenters. The normalized spacial score (nSPS) is 16.6. The van der Waals surface area contributed by atoms with Crippen LogP contribution in [0, 0.1) is 0 Å². The number of aliphatic carboxylic acids is 1. The van der Waals surface area contributed by atoms with E-state index in [-0.39, 0.29) is 10.6 Å². The maximum Gasteiger partial charge on any atom is 0.352 e. The van der Waals surface area contributed by atoms with Crippen LogP contribution in [0.2, 0.25) is 5.02 Å². The first-order valence-electron chi connectivity index (χ1n) is 7.06. The molecule has 0 bridgehead atoms. The van der Waals surface area contributed by atoms with E-state index in [1.54, 1.807) is 30.3 Å². The van der Waals surface area contributed by atoms with E-state index in [0.29, 0.717) is 20.7 Å². The highest BCUT2D eigenvalue weighted by Crippen LogP contribution is 2.39. The minimum absolute atomic E-state index is 0.0884. The van der Waals surface area contributed by atoms with Crippen LogP contribution in [-0.4, -0.2) is 19.5 Å². The van der Waals surface area contributed by atoms with Crippen LogP contribution in [-0.2, 0) is 14.8 Å². The molecule has 1 aliphatic rings. The van der Waals surface area contributed by atoms with E-state index in [2.05, 4.69) is 26.0 Å². The molecule has 130 valence electrons. The highest BCUT2D eigenvalue weighted by atomic mass is 79.9. The fraction of sp³-hybridized carbons (Fsp3) is 0.0625. The summed E-state index contributed by atoms with van der Waals surface area (Å²) in [6.07, 6.45) is 1.31. The first kappa shape index (κ1) is 17.9. The third kappa shape index (κ3) is 3.72. The first-order valence-corrected chi connectivity index (χ1v) is 9.72. The smallest absolute Gasteiger partial charge is 0.352 e. The minimum Gasteiger partial charge on any atom is -0.477 e. The summed E-state index contributed by atoms with van der Waals surface area (Å²) in [4.78, 5) is 11.5. The maximum absolute atomic E-state index is 12.6. The summed E-state index contributed by atoms with van der Waals surface area (Å²) in [6, 6.07) is 10.1. The highest BCUT2D eigenvalue weighted by Gasteiger charge is 2.29. The van der Waals surface area contributed by atoms with Crippen LogP contribution in [0.5, 0.6) is 0 Å². The summed E-state index contributed by atoms with van der Waals surface area (Å²) >= 11 is 9.37. The van der Waals surface area contributed by atoms with Crippen molar-refractivity contribution >= 4 is 49.2 Å². The lowest BCUT2D eigenvalue weighted by Crippen LogP contribution is -2.31. The summed E-state index contributed by atoms with van der Waals surface area (Å²) in [6.45, 7) is 0. The lowest BCUT2D eigenvalue weighted by atomic mass is 10.0. The zero-order chi connectivity index (χ0) is 18.2. The minimum atomic E-state index is -3.85. The molecule has 1 atom stereocenters. The molecule has 0 saturated carbocycles. The van der Waals surface area contributed by atoms with Crippen LogP contribution in [0.3, 0.4) is 0 Å². The van der Waals surface area contributed by atoms with Crippen molar-refractivity contribution < 1.29 is 18.3 Å².